The van der Waals surface area contributed by atoms with Crippen LogP contribution in [0.3, 0.4) is 0 Å². The molecule has 1 unspecified atom stereocenters. The lowest BCUT2D eigenvalue weighted by molar-refractivity contribution is -0.919. The molecular formula is C20H25ClNO3+. The summed E-state index contributed by atoms with van der Waals surface area (Å²) in [5, 5.41) is 10.9. The summed E-state index contributed by atoms with van der Waals surface area (Å²) in [6.45, 7) is 4.01. The van der Waals surface area contributed by atoms with Gasteiger partial charge in [0.25, 0.3) is 0 Å². The zero-order chi connectivity index (χ0) is 17.5. The van der Waals surface area contributed by atoms with Crippen molar-refractivity contribution in [1.29, 1.82) is 0 Å². The molecule has 4 nitrogen and oxygen atoms in total. The van der Waals surface area contributed by atoms with Crippen LogP contribution in [-0.4, -0.2) is 44.1 Å². The van der Waals surface area contributed by atoms with Gasteiger partial charge in [-0.15, -0.1) is 0 Å². The summed E-state index contributed by atoms with van der Waals surface area (Å²) >= 11 is 5.83. The van der Waals surface area contributed by atoms with Gasteiger partial charge in [0.15, 0.2) is 0 Å². The Bertz CT molecular complexity index is 662. The number of rotatable bonds is 8. The molecule has 3 rings (SSSR count). The van der Waals surface area contributed by atoms with Crippen LogP contribution in [-0.2, 0) is 17.7 Å². The molecule has 2 atom stereocenters. The van der Waals surface area contributed by atoms with Gasteiger partial charge in [-0.25, -0.2) is 0 Å². The van der Waals surface area contributed by atoms with E-state index in [1.165, 1.54) is 16.0 Å². The predicted molar refractivity (Wildman–Crippen MR) is 98.3 cm³/mol. The first-order valence-electron chi connectivity index (χ1n) is 8.75. The molecule has 25 heavy (non-hydrogen) atoms. The molecular weight excluding hydrogens is 338 g/mol. The van der Waals surface area contributed by atoms with E-state index in [0.717, 1.165) is 25.3 Å². The number of hydrogen-bond acceptors (Lipinski definition) is 3. The maximum atomic E-state index is 10.2. The summed E-state index contributed by atoms with van der Waals surface area (Å²) in [6.07, 6.45) is 0.629. The molecule has 5 heteroatoms. The third-order valence-electron chi connectivity index (χ3n) is 4.45. The van der Waals surface area contributed by atoms with E-state index in [0.29, 0.717) is 31.4 Å². The van der Waals surface area contributed by atoms with Crippen LogP contribution in [0.5, 0.6) is 5.75 Å². The zero-order valence-corrected chi connectivity index (χ0v) is 15.0. The maximum Gasteiger partial charge on any atom is 0.126 e. The van der Waals surface area contributed by atoms with Gasteiger partial charge in [0.05, 0.1) is 19.8 Å². The lowest BCUT2D eigenvalue weighted by atomic mass is 10.00. The van der Waals surface area contributed by atoms with E-state index >= 15 is 0 Å². The van der Waals surface area contributed by atoms with Gasteiger partial charge in [0.2, 0.25) is 0 Å². The van der Waals surface area contributed by atoms with Crippen molar-refractivity contribution in [1.82, 2.24) is 0 Å². The number of nitrogens with one attached hydrogen (secondary N) is 1. The van der Waals surface area contributed by atoms with Crippen molar-refractivity contribution in [3.8, 4) is 5.75 Å². The van der Waals surface area contributed by atoms with Crippen molar-refractivity contribution in [2.45, 2.75) is 19.1 Å². The molecule has 0 amide bonds. The summed E-state index contributed by atoms with van der Waals surface area (Å²) < 4.78 is 11.1. The Morgan fingerprint density at radius 1 is 1.04 bits per heavy atom. The Hall–Kier alpha value is -1.59. The summed E-state index contributed by atoms with van der Waals surface area (Å²) in [7, 11) is 0. The first kappa shape index (κ1) is 18.2. The van der Waals surface area contributed by atoms with Crippen molar-refractivity contribution >= 4 is 11.6 Å². The Morgan fingerprint density at radius 3 is 2.60 bits per heavy atom. The summed E-state index contributed by atoms with van der Waals surface area (Å²) in [4.78, 5) is 1.41. The summed E-state index contributed by atoms with van der Waals surface area (Å²) in [5.41, 5.74) is 2.84. The van der Waals surface area contributed by atoms with E-state index in [2.05, 4.69) is 24.3 Å². The minimum absolute atomic E-state index is 0.342. The number of fused-ring (bicyclic) bond motifs is 1. The van der Waals surface area contributed by atoms with E-state index < -0.39 is 6.10 Å². The standard InChI is InChI=1S/C20H24ClNO3/c21-18-5-7-20(8-6-18)25-12-11-24-15-19(23)14-22-10-9-16-3-1-2-4-17(16)13-22/h1-8,19,23H,9-15H2/p+1/t19-/m1/s1. The van der Waals surface area contributed by atoms with Gasteiger partial charge in [0.1, 0.15) is 31.5 Å². The topological polar surface area (TPSA) is 43.1 Å². The highest BCUT2D eigenvalue weighted by atomic mass is 35.5. The molecule has 0 spiro atoms. The fourth-order valence-electron chi connectivity index (χ4n) is 3.18. The van der Waals surface area contributed by atoms with Crippen molar-refractivity contribution in [3.63, 3.8) is 0 Å². The van der Waals surface area contributed by atoms with Crippen LogP contribution >= 0.6 is 11.6 Å². The van der Waals surface area contributed by atoms with Gasteiger partial charge < -0.3 is 19.5 Å². The molecule has 2 N–H and O–H groups in total. The van der Waals surface area contributed by atoms with Crippen molar-refractivity contribution < 1.29 is 19.5 Å². The van der Waals surface area contributed by atoms with Gasteiger partial charge in [0, 0.05) is 17.0 Å². The fraction of sp³-hybridized carbons (Fsp3) is 0.400. The fourth-order valence-corrected chi connectivity index (χ4v) is 3.30. The van der Waals surface area contributed by atoms with Crippen LogP contribution in [0.25, 0.3) is 0 Å². The molecule has 0 aliphatic carbocycles. The van der Waals surface area contributed by atoms with Gasteiger partial charge >= 0.3 is 0 Å². The Morgan fingerprint density at radius 2 is 1.80 bits per heavy atom. The lowest BCUT2D eigenvalue weighted by Gasteiger charge is -2.27. The molecule has 1 aliphatic rings. The van der Waals surface area contributed by atoms with E-state index in [1.54, 1.807) is 12.1 Å². The molecule has 0 fully saturated rings. The maximum absolute atomic E-state index is 10.2. The number of aliphatic hydroxyl groups is 1. The highest BCUT2D eigenvalue weighted by molar-refractivity contribution is 6.30. The molecule has 1 heterocycles. The van der Waals surface area contributed by atoms with Gasteiger partial charge in [-0.05, 0) is 29.8 Å². The number of aliphatic hydroxyl groups excluding tert-OH is 1. The van der Waals surface area contributed by atoms with Crippen molar-refractivity contribution in [3.05, 3.63) is 64.7 Å². The van der Waals surface area contributed by atoms with Gasteiger partial charge in [-0.1, -0.05) is 35.9 Å². The van der Waals surface area contributed by atoms with Crippen molar-refractivity contribution in [2.24, 2.45) is 0 Å². The first-order chi connectivity index (χ1) is 12.2. The second kappa shape index (κ2) is 9.20. The molecule has 0 saturated carbocycles. The summed E-state index contributed by atoms with van der Waals surface area (Å²) in [5.74, 6) is 0.768. The number of quaternary nitrogens is 1. The molecule has 0 bridgehead atoms. The second-order valence-electron chi connectivity index (χ2n) is 6.43. The SMILES string of the molecule is O[C@@H](COCCOc1ccc(Cl)cc1)C[NH+]1CCc2ccccc2C1. The quantitative estimate of drug-likeness (QED) is 0.703. The number of hydrogen-bond donors (Lipinski definition) is 2. The van der Waals surface area contributed by atoms with Crippen LogP contribution in [0.2, 0.25) is 5.02 Å². The highest BCUT2D eigenvalue weighted by Crippen LogP contribution is 2.15. The first-order valence-corrected chi connectivity index (χ1v) is 9.13. The largest absolute Gasteiger partial charge is 0.491 e. The van der Waals surface area contributed by atoms with E-state index in [-0.39, 0.29) is 0 Å². The summed E-state index contributed by atoms with van der Waals surface area (Å²) in [6, 6.07) is 15.8. The molecule has 1 aliphatic heterocycles. The van der Waals surface area contributed by atoms with Crippen LogP contribution in [0.15, 0.2) is 48.5 Å². The van der Waals surface area contributed by atoms with E-state index in [1.807, 2.05) is 12.1 Å². The molecule has 0 saturated heterocycles. The number of halogens is 1. The molecule has 0 aromatic heterocycles. The third-order valence-corrected chi connectivity index (χ3v) is 4.70. The van der Waals surface area contributed by atoms with Crippen LogP contribution in [0, 0.1) is 0 Å². The molecule has 0 radical (unpaired) electrons. The Labute approximate surface area is 153 Å². The smallest absolute Gasteiger partial charge is 0.126 e. The zero-order valence-electron chi connectivity index (χ0n) is 14.3. The van der Waals surface area contributed by atoms with E-state index in [9.17, 15) is 5.11 Å². The average Bonchev–Trinajstić information content (AvgIpc) is 2.63. The minimum atomic E-state index is -0.448. The average molecular weight is 363 g/mol. The Kier molecular flexibility index (Phi) is 6.70. The van der Waals surface area contributed by atoms with Crippen LogP contribution < -0.4 is 9.64 Å². The highest BCUT2D eigenvalue weighted by Gasteiger charge is 2.21. The minimum Gasteiger partial charge on any atom is -0.491 e. The molecule has 134 valence electrons. The third kappa shape index (κ3) is 5.72. The second-order valence-corrected chi connectivity index (χ2v) is 6.87. The van der Waals surface area contributed by atoms with Gasteiger partial charge in [-0.2, -0.15) is 0 Å². The van der Waals surface area contributed by atoms with Crippen LogP contribution in [0.4, 0.5) is 0 Å². The monoisotopic (exact) mass is 362 g/mol. The lowest BCUT2D eigenvalue weighted by Crippen LogP contribution is -3.12. The Balaban J connectivity index is 1.31. The van der Waals surface area contributed by atoms with Crippen molar-refractivity contribution in [2.75, 3.05) is 32.9 Å². The number of benzene rings is 2. The van der Waals surface area contributed by atoms with Gasteiger partial charge in [-0.3, -0.25) is 0 Å². The van der Waals surface area contributed by atoms with E-state index in [4.69, 9.17) is 21.1 Å². The predicted octanol–water partition coefficient (Wildman–Crippen LogP) is 1.74. The number of ether oxygens (including phenoxy) is 2. The van der Waals surface area contributed by atoms with Crippen LogP contribution in [0.1, 0.15) is 11.1 Å². The molecule has 2 aromatic rings. The molecule has 2 aromatic carbocycles. The normalized spacial score (nSPS) is 17.8.